The molecule has 0 atom stereocenters. The highest BCUT2D eigenvalue weighted by Gasteiger charge is 2.35. The van der Waals surface area contributed by atoms with E-state index in [1.54, 1.807) is 0 Å². The third-order valence-electron chi connectivity index (χ3n) is 2.94. The van der Waals surface area contributed by atoms with E-state index in [2.05, 4.69) is 5.32 Å². The Hall–Kier alpha value is -1.17. The van der Waals surface area contributed by atoms with E-state index in [0.29, 0.717) is 31.7 Å². The third-order valence-corrected chi connectivity index (χ3v) is 2.94. The molecule has 1 heterocycles. The van der Waals surface area contributed by atoms with Crippen LogP contribution in [-0.4, -0.2) is 24.7 Å². The van der Waals surface area contributed by atoms with E-state index in [-0.39, 0.29) is 24.1 Å². The maximum absolute atomic E-state index is 12.7. The van der Waals surface area contributed by atoms with Gasteiger partial charge in [-0.25, -0.2) is 4.39 Å². The molecule has 0 radical (unpaired) electrons. The molecule has 18 heavy (non-hydrogen) atoms. The van der Waals surface area contributed by atoms with Crippen molar-refractivity contribution in [3.05, 3.63) is 30.1 Å². The highest BCUT2D eigenvalue weighted by molar-refractivity contribution is 5.98. The van der Waals surface area contributed by atoms with Gasteiger partial charge in [-0.05, 0) is 37.1 Å². The standard InChI is InChI=1S/C12H15FN2O2.ClH/c13-9-1-3-10(4-2-9)15-11(16)12(14)5-7-17-8-6-12;/h1-4H,5-8,14H2,(H,15,16);1H. The molecule has 0 saturated carbocycles. The van der Waals surface area contributed by atoms with Gasteiger partial charge in [0.25, 0.3) is 0 Å². The molecule has 1 aliphatic rings. The first kappa shape index (κ1) is 14.9. The number of hydrogen-bond donors (Lipinski definition) is 2. The summed E-state index contributed by atoms with van der Waals surface area (Å²) in [5, 5.41) is 2.69. The molecular weight excluding hydrogens is 259 g/mol. The average Bonchev–Trinajstić information content (AvgIpc) is 2.33. The molecule has 1 fully saturated rings. The van der Waals surface area contributed by atoms with Gasteiger partial charge in [0.2, 0.25) is 5.91 Å². The van der Waals surface area contributed by atoms with Crippen LogP contribution in [0.2, 0.25) is 0 Å². The van der Waals surface area contributed by atoms with E-state index >= 15 is 0 Å². The van der Waals surface area contributed by atoms with Crippen LogP contribution in [0, 0.1) is 5.82 Å². The van der Waals surface area contributed by atoms with E-state index in [1.807, 2.05) is 0 Å². The summed E-state index contributed by atoms with van der Waals surface area (Å²) >= 11 is 0. The molecule has 0 unspecified atom stereocenters. The minimum atomic E-state index is -0.882. The van der Waals surface area contributed by atoms with Crippen molar-refractivity contribution in [2.75, 3.05) is 18.5 Å². The number of benzene rings is 1. The smallest absolute Gasteiger partial charge is 0.244 e. The van der Waals surface area contributed by atoms with Crippen molar-refractivity contribution in [2.45, 2.75) is 18.4 Å². The number of carbonyl (C=O) groups excluding carboxylic acids is 1. The molecular formula is C12H16ClFN2O2. The Labute approximate surface area is 111 Å². The SMILES string of the molecule is Cl.NC1(C(=O)Nc2ccc(F)cc2)CCOCC1. The zero-order valence-corrected chi connectivity index (χ0v) is 10.6. The van der Waals surface area contributed by atoms with Crippen molar-refractivity contribution >= 4 is 24.0 Å². The summed E-state index contributed by atoms with van der Waals surface area (Å²) in [6.07, 6.45) is 1.00. The van der Waals surface area contributed by atoms with Gasteiger partial charge in [-0.3, -0.25) is 4.79 Å². The van der Waals surface area contributed by atoms with Crippen LogP contribution in [0.5, 0.6) is 0 Å². The van der Waals surface area contributed by atoms with Gasteiger partial charge in [-0.1, -0.05) is 0 Å². The number of anilines is 1. The van der Waals surface area contributed by atoms with Crippen LogP contribution in [0.4, 0.5) is 10.1 Å². The first-order valence-electron chi connectivity index (χ1n) is 5.54. The van der Waals surface area contributed by atoms with Crippen molar-refractivity contribution in [3.8, 4) is 0 Å². The molecule has 1 aliphatic heterocycles. The first-order chi connectivity index (χ1) is 8.10. The quantitative estimate of drug-likeness (QED) is 0.863. The lowest BCUT2D eigenvalue weighted by Crippen LogP contribution is -2.54. The highest BCUT2D eigenvalue weighted by Crippen LogP contribution is 2.20. The average molecular weight is 275 g/mol. The molecule has 1 aromatic rings. The molecule has 100 valence electrons. The van der Waals surface area contributed by atoms with E-state index in [4.69, 9.17) is 10.5 Å². The van der Waals surface area contributed by atoms with Gasteiger partial charge >= 0.3 is 0 Å². The van der Waals surface area contributed by atoms with Crippen molar-refractivity contribution in [3.63, 3.8) is 0 Å². The fraction of sp³-hybridized carbons (Fsp3) is 0.417. The lowest BCUT2D eigenvalue weighted by molar-refractivity contribution is -0.124. The molecule has 2 rings (SSSR count). The number of nitrogens with one attached hydrogen (secondary N) is 1. The molecule has 1 amide bonds. The molecule has 0 aromatic heterocycles. The Morgan fingerprint density at radius 3 is 2.39 bits per heavy atom. The van der Waals surface area contributed by atoms with Gasteiger partial charge in [0.05, 0.1) is 0 Å². The van der Waals surface area contributed by atoms with Crippen LogP contribution >= 0.6 is 12.4 Å². The maximum atomic E-state index is 12.7. The van der Waals surface area contributed by atoms with Gasteiger partial charge in [0.15, 0.2) is 0 Å². The van der Waals surface area contributed by atoms with Gasteiger partial charge in [0.1, 0.15) is 11.4 Å². The van der Waals surface area contributed by atoms with Gasteiger partial charge < -0.3 is 15.8 Å². The number of amides is 1. The molecule has 3 N–H and O–H groups in total. The predicted molar refractivity (Wildman–Crippen MR) is 69.2 cm³/mol. The zero-order valence-electron chi connectivity index (χ0n) is 9.82. The fourth-order valence-electron chi connectivity index (χ4n) is 1.75. The van der Waals surface area contributed by atoms with Crippen molar-refractivity contribution < 1.29 is 13.9 Å². The van der Waals surface area contributed by atoms with Crippen LogP contribution in [-0.2, 0) is 9.53 Å². The number of halogens is 2. The Kier molecular flexibility index (Phi) is 5.07. The Bertz CT molecular complexity index is 405. The summed E-state index contributed by atoms with van der Waals surface area (Å²) in [4.78, 5) is 12.0. The molecule has 1 aromatic carbocycles. The lowest BCUT2D eigenvalue weighted by atomic mass is 9.90. The van der Waals surface area contributed by atoms with Crippen LogP contribution in [0.1, 0.15) is 12.8 Å². The van der Waals surface area contributed by atoms with Crippen molar-refractivity contribution in [2.24, 2.45) is 5.73 Å². The summed E-state index contributed by atoms with van der Waals surface area (Å²) in [5.74, 6) is -0.580. The molecule has 6 heteroatoms. The van der Waals surface area contributed by atoms with Crippen LogP contribution in [0.15, 0.2) is 24.3 Å². The predicted octanol–water partition coefficient (Wildman–Crippen LogP) is 1.69. The summed E-state index contributed by atoms with van der Waals surface area (Å²) in [6.45, 7) is 0.987. The molecule has 4 nitrogen and oxygen atoms in total. The monoisotopic (exact) mass is 274 g/mol. The second-order valence-corrected chi connectivity index (χ2v) is 4.23. The maximum Gasteiger partial charge on any atom is 0.244 e. The van der Waals surface area contributed by atoms with E-state index < -0.39 is 5.54 Å². The van der Waals surface area contributed by atoms with Crippen molar-refractivity contribution in [1.82, 2.24) is 0 Å². The Morgan fingerprint density at radius 1 is 1.28 bits per heavy atom. The second-order valence-electron chi connectivity index (χ2n) is 4.23. The minimum Gasteiger partial charge on any atom is -0.381 e. The minimum absolute atomic E-state index is 0. The number of rotatable bonds is 2. The zero-order chi connectivity index (χ0) is 12.3. The van der Waals surface area contributed by atoms with E-state index in [1.165, 1.54) is 24.3 Å². The molecule has 0 spiro atoms. The van der Waals surface area contributed by atoms with E-state index in [0.717, 1.165) is 0 Å². The van der Waals surface area contributed by atoms with Crippen LogP contribution in [0.3, 0.4) is 0 Å². The highest BCUT2D eigenvalue weighted by atomic mass is 35.5. The molecule has 1 saturated heterocycles. The number of hydrogen-bond acceptors (Lipinski definition) is 3. The Balaban J connectivity index is 0.00000162. The summed E-state index contributed by atoms with van der Waals surface area (Å²) in [6, 6.07) is 5.61. The van der Waals surface area contributed by atoms with Crippen molar-refractivity contribution in [1.29, 1.82) is 0 Å². The largest absolute Gasteiger partial charge is 0.381 e. The second kappa shape index (κ2) is 6.13. The lowest BCUT2D eigenvalue weighted by Gasteiger charge is -2.31. The molecule has 0 bridgehead atoms. The van der Waals surface area contributed by atoms with Crippen LogP contribution in [0.25, 0.3) is 0 Å². The topological polar surface area (TPSA) is 64.4 Å². The normalized spacial score (nSPS) is 17.7. The van der Waals surface area contributed by atoms with Gasteiger partial charge in [-0.15, -0.1) is 12.4 Å². The van der Waals surface area contributed by atoms with E-state index in [9.17, 15) is 9.18 Å². The third kappa shape index (κ3) is 3.41. The molecule has 0 aliphatic carbocycles. The number of carbonyl (C=O) groups is 1. The summed E-state index contributed by atoms with van der Waals surface area (Å²) < 4.78 is 17.9. The van der Waals surface area contributed by atoms with Gasteiger partial charge in [0, 0.05) is 18.9 Å². The fourth-order valence-corrected chi connectivity index (χ4v) is 1.75. The number of nitrogens with two attached hydrogens (primary N) is 1. The summed E-state index contributed by atoms with van der Waals surface area (Å²) in [7, 11) is 0. The Morgan fingerprint density at radius 2 is 1.83 bits per heavy atom. The van der Waals surface area contributed by atoms with Gasteiger partial charge in [-0.2, -0.15) is 0 Å². The van der Waals surface area contributed by atoms with Crippen LogP contribution < -0.4 is 11.1 Å². The first-order valence-corrected chi connectivity index (χ1v) is 5.54. The number of ether oxygens (including phenoxy) is 1. The summed E-state index contributed by atoms with van der Waals surface area (Å²) in [5.41, 5.74) is 5.68.